The molecule has 258 valence electrons. The van der Waals surface area contributed by atoms with Crippen molar-refractivity contribution < 1.29 is 42.2 Å². The van der Waals surface area contributed by atoms with Gasteiger partial charge < -0.3 is 41.9 Å². The molecule has 13 heteroatoms. The molecule has 0 saturated heterocycles. The van der Waals surface area contributed by atoms with Crippen molar-refractivity contribution in [2.75, 3.05) is 34.3 Å². The maximum Gasteiger partial charge on any atom is 0.737 e. The average molecular weight is 692 g/mol. The maximum absolute atomic E-state index is 16.8. The molecule has 0 atom stereocenters. The van der Waals surface area contributed by atoms with E-state index in [-0.39, 0.29) is 24.8 Å². The minimum atomic E-state index is -4.14. The summed E-state index contributed by atoms with van der Waals surface area (Å²) in [7, 11) is 6.44. The molecule has 2 N–H and O–H groups in total. The zero-order valence-electron chi connectivity index (χ0n) is 28.2. The SMILES string of the molecule is Cc1cc(CCc2ccc(OCCCC(=O)On3c(O)ccc3O)cc2)n2c1C=C1C(CCC[N+](C)(C)C)=CC(c3cccs3)=[N+]1[B-]2(F)F. The Morgan fingerprint density at radius 2 is 1.71 bits per heavy atom. The number of aromatic nitrogens is 2. The zero-order chi connectivity index (χ0) is 34.9. The van der Waals surface area contributed by atoms with E-state index in [1.54, 1.807) is 0 Å². The Bertz CT molecular complexity index is 1920. The highest BCUT2D eigenvalue weighted by Crippen LogP contribution is 2.40. The molecule has 3 aromatic heterocycles. The fourth-order valence-electron chi connectivity index (χ4n) is 6.45. The van der Waals surface area contributed by atoms with Crippen molar-refractivity contribution >= 4 is 36.1 Å². The van der Waals surface area contributed by atoms with E-state index in [1.165, 1.54) is 32.4 Å². The number of hydrogen-bond acceptors (Lipinski definition) is 6. The van der Waals surface area contributed by atoms with Gasteiger partial charge in [0.2, 0.25) is 11.8 Å². The molecule has 9 nitrogen and oxygen atoms in total. The molecule has 6 rings (SSSR count). The standard InChI is InChI=1S/C36H41BF2N4O5S/c1-25-22-28(14-11-26-12-15-29(16-13-26)47-20-6-10-36(46)48-42-34(44)17-18-35(42)45)40-30(25)24-31-27(8-5-19-43(2,3)4)23-32(33-9-7-21-49-33)41(31)37(40,38)39/h7,9,12-13,15-18,21-24H,5-6,8,10-11,14,19-20H2,1-4H3,(H-,44,45)/p+1. The summed E-state index contributed by atoms with van der Waals surface area (Å²) < 4.78 is 43.5. The number of allylic oxidation sites excluding steroid dienone is 2. The van der Waals surface area contributed by atoms with Crippen LogP contribution in [0.4, 0.5) is 8.63 Å². The number of thiophene rings is 1. The Kier molecular flexibility index (Phi) is 9.59. The van der Waals surface area contributed by atoms with Crippen molar-refractivity contribution in [3.8, 4) is 17.5 Å². The van der Waals surface area contributed by atoms with Crippen LogP contribution in [0, 0.1) is 6.92 Å². The van der Waals surface area contributed by atoms with Crippen molar-refractivity contribution in [1.82, 2.24) is 9.21 Å². The summed E-state index contributed by atoms with van der Waals surface area (Å²) in [6.45, 7) is -1.01. The molecular weight excluding hydrogens is 649 g/mol. The summed E-state index contributed by atoms with van der Waals surface area (Å²) >= 11 is 1.48. The highest BCUT2D eigenvalue weighted by molar-refractivity contribution is 7.12. The van der Waals surface area contributed by atoms with E-state index >= 15 is 8.63 Å². The van der Waals surface area contributed by atoms with Crippen LogP contribution in [0.3, 0.4) is 0 Å². The largest absolute Gasteiger partial charge is 0.737 e. The summed E-state index contributed by atoms with van der Waals surface area (Å²) in [5, 5.41) is 21.1. The second-order valence-electron chi connectivity index (χ2n) is 13.6. The molecule has 0 aliphatic carbocycles. The predicted octanol–water partition coefficient (Wildman–Crippen LogP) is 6.18. The van der Waals surface area contributed by atoms with Crippen LogP contribution in [0.2, 0.25) is 0 Å². The number of quaternary nitrogens is 1. The van der Waals surface area contributed by atoms with Gasteiger partial charge in [0.1, 0.15) is 5.75 Å². The lowest BCUT2D eigenvalue weighted by Crippen LogP contribution is -2.51. The lowest BCUT2D eigenvalue weighted by molar-refractivity contribution is -0.870. The Balaban J connectivity index is 1.11. The van der Waals surface area contributed by atoms with Gasteiger partial charge in [0.15, 0.2) is 11.4 Å². The molecule has 0 fully saturated rings. The Labute approximate surface area is 288 Å². The Hall–Kier alpha value is -4.62. The van der Waals surface area contributed by atoms with Gasteiger partial charge in [-0.15, -0.1) is 16.1 Å². The van der Waals surface area contributed by atoms with Gasteiger partial charge in [-0.25, -0.2) is 4.79 Å². The molecule has 4 aromatic rings. The molecule has 0 radical (unpaired) electrons. The molecule has 0 amide bonds. The third-order valence-corrected chi connectivity index (χ3v) is 9.73. The summed E-state index contributed by atoms with van der Waals surface area (Å²) in [4.78, 5) is 17.8. The summed E-state index contributed by atoms with van der Waals surface area (Å²) in [6.07, 6.45) is 6.99. The van der Waals surface area contributed by atoms with E-state index in [4.69, 9.17) is 9.57 Å². The van der Waals surface area contributed by atoms with Crippen molar-refractivity contribution in [1.29, 1.82) is 0 Å². The number of rotatable bonds is 14. The molecule has 0 saturated carbocycles. The smallest absolute Gasteiger partial charge is 0.494 e. The van der Waals surface area contributed by atoms with Crippen LogP contribution in [0.1, 0.15) is 53.1 Å². The third-order valence-electron chi connectivity index (χ3n) is 8.84. The number of carbonyl (C=O) groups is 1. The van der Waals surface area contributed by atoms with Gasteiger partial charge in [0.25, 0.3) is 0 Å². The number of aryl methyl sites for hydroxylation is 3. The first-order chi connectivity index (χ1) is 23.3. The molecule has 49 heavy (non-hydrogen) atoms. The lowest BCUT2D eigenvalue weighted by atomic mass is 9.88. The fraction of sp³-hybridized carbons (Fsp3) is 0.333. The fourth-order valence-corrected chi connectivity index (χ4v) is 7.19. The van der Waals surface area contributed by atoms with Crippen molar-refractivity contribution in [2.24, 2.45) is 0 Å². The number of benzene rings is 1. The number of halogens is 2. The highest BCUT2D eigenvalue weighted by Gasteiger charge is 2.54. The number of fused-ring (bicyclic) bond motifs is 2. The van der Waals surface area contributed by atoms with Gasteiger partial charge in [-0.2, -0.15) is 0 Å². The van der Waals surface area contributed by atoms with Gasteiger partial charge in [-0.3, -0.25) is 0 Å². The van der Waals surface area contributed by atoms with E-state index in [2.05, 4.69) is 21.1 Å². The predicted molar refractivity (Wildman–Crippen MR) is 187 cm³/mol. The molecule has 0 spiro atoms. The lowest BCUT2D eigenvalue weighted by Gasteiger charge is -2.32. The van der Waals surface area contributed by atoms with Crippen molar-refractivity contribution in [2.45, 2.75) is 45.4 Å². The molecule has 1 aromatic carbocycles. The van der Waals surface area contributed by atoms with Crippen LogP contribution >= 0.6 is 11.3 Å². The van der Waals surface area contributed by atoms with Gasteiger partial charge in [-0.05, 0) is 79.1 Å². The topological polar surface area (TPSA) is 88.9 Å². The molecule has 2 aliphatic rings. The second kappa shape index (κ2) is 13.7. The second-order valence-corrected chi connectivity index (χ2v) is 14.6. The van der Waals surface area contributed by atoms with E-state index in [1.807, 2.05) is 66.9 Å². The van der Waals surface area contributed by atoms with Crippen LogP contribution in [-0.2, 0) is 17.6 Å². The number of carbonyl (C=O) groups excluding carboxylic acids is 1. The van der Waals surface area contributed by atoms with Gasteiger partial charge >= 0.3 is 12.9 Å². The first kappa shape index (κ1) is 34.3. The number of aromatic hydroxyl groups is 2. The summed E-state index contributed by atoms with van der Waals surface area (Å²) in [5.74, 6) is -0.761. The summed E-state index contributed by atoms with van der Waals surface area (Å²) in [5.41, 5.74) is 5.16. The van der Waals surface area contributed by atoms with Crippen molar-refractivity contribution in [3.63, 3.8) is 0 Å². The van der Waals surface area contributed by atoms with Crippen LogP contribution in [0.15, 0.2) is 77.3 Å². The summed E-state index contributed by atoms with van der Waals surface area (Å²) in [6, 6.07) is 15.6. The monoisotopic (exact) mass is 691 g/mol. The molecule has 5 heterocycles. The van der Waals surface area contributed by atoms with Crippen LogP contribution < -0.4 is 9.57 Å². The van der Waals surface area contributed by atoms with Gasteiger partial charge in [0.05, 0.1) is 45.6 Å². The maximum atomic E-state index is 16.8. The van der Waals surface area contributed by atoms with E-state index < -0.39 is 12.9 Å². The highest BCUT2D eigenvalue weighted by atomic mass is 32.1. The van der Waals surface area contributed by atoms with E-state index in [0.29, 0.717) is 52.5 Å². The number of nitrogens with zero attached hydrogens (tertiary/aromatic N) is 4. The molecule has 0 unspecified atom stereocenters. The molecular formula is C36H42BF2N4O5S+. The minimum Gasteiger partial charge on any atom is -0.494 e. The minimum absolute atomic E-state index is 0.0248. The van der Waals surface area contributed by atoms with Crippen LogP contribution in [0.25, 0.3) is 6.08 Å². The first-order valence-electron chi connectivity index (χ1n) is 16.5. The Morgan fingerprint density at radius 1 is 0.980 bits per heavy atom. The van der Waals surface area contributed by atoms with Gasteiger partial charge in [-0.1, -0.05) is 18.2 Å². The first-order valence-corrected chi connectivity index (χ1v) is 17.4. The van der Waals surface area contributed by atoms with E-state index in [0.717, 1.165) is 45.4 Å². The van der Waals surface area contributed by atoms with Gasteiger partial charge in [0, 0.05) is 42.0 Å². The molecule has 0 bridgehead atoms. The quantitative estimate of drug-likeness (QED) is 0.0938. The van der Waals surface area contributed by atoms with Crippen LogP contribution in [-0.4, -0.2) is 81.3 Å². The third kappa shape index (κ3) is 7.37. The number of hydrogen-bond donors (Lipinski definition) is 2. The van der Waals surface area contributed by atoms with E-state index in [9.17, 15) is 15.0 Å². The molecule has 2 aliphatic heterocycles. The van der Waals surface area contributed by atoms with Crippen LogP contribution in [0.5, 0.6) is 17.5 Å². The average Bonchev–Trinajstić information content (AvgIpc) is 3.83. The number of ether oxygens (including phenoxy) is 1. The van der Waals surface area contributed by atoms with Crippen molar-refractivity contribution in [3.05, 3.63) is 105 Å². The Morgan fingerprint density at radius 3 is 2.39 bits per heavy atom. The normalized spacial score (nSPS) is 15.1. The zero-order valence-corrected chi connectivity index (χ0v) is 29.1.